The van der Waals surface area contributed by atoms with Crippen molar-refractivity contribution in [2.75, 3.05) is 12.4 Å². The normalized spacial score (nSPS) is 18.9. The van der Waals surface area contributed by atoms with Gasteiger partial charge in [-0.15, -0.1) is 0 Å². The number of rotatable bonds is 4. The van der Waals surface area contributed by atoms with E-state index in [4.69, 9.17) is 27.9 Å². The molecule has 0 heterocycles. The van der Waals surface area contributed by atoms with Crippen LogP contribution >= 0.6 is 35.8 Å². The number of halogens is 2. The molecule has 19 heavy (non-hydrogen) atoms. The monoisotopic (exact) mass is 318 g/mol. The van der Waals surface area contributed by atoms with Crippen LogP contribution in [0.4, 0.5) is 0 Å². The van der Waals surface area contributed by atoms with Gasteiger partial charge in [-0.25, -0.2) is 0 Å². The van der Waals surface area contributed by atoms with Gasteiger partial charge in [-0.3, -0.25) is 0 Å². The van der Waals surface area contributed by atoms with Gasteiger partial charge < -0.3 is 4.74 Å². The van der Waals surface area contributed by atoms with Crippen molar-refractivity contribution in [1.82, 2.24) is 0 Å². The molecule has 0 aliphatic heterocycles. The average Bonchev–Trinajstić information content (AvgIpc) is 2.64. The highest BCUT2D eigenvalue weighted by Crippen LogP contribution is 2.37. The van der Waals surface area contributed by atoms with Crippen LogP contribution in [0.5, 0.6) is 5.75 Å². The molecule has 0 radical (unpaired) electrons. The van der Waals surface area contributed by atoms with Gasteiger partial charge in [0.15, 0.2) is 0 Å². The quantitative estimate of drug-likeness (QED) is 0.558. The van der Waals surface area contributed by atoms with E-state index >= 15 is 0 Å². The zero-order valence-electron chi connectivity index (χ0n) is 11.0. The molecular weight excluding hydrogens is 299 g/mol. The molecule has 1 aromatic carbocycles. The Morgan fingerprint density at radius 3 is 2.37 bits per heavy atom. The van der Waals surface area contributed by atoms with Crippen LogP contribution in [0.3, 0.4) is 0 Å². The van der Waals surface area contributed by atoms with E-state index in [0.717, 1.165) is 11.5 Å². The topological polar surface area (TPSA) is 9.23 Å². The highest BCUT2D eigenvalue weighted by molar-refractivity contribution is 7.80. The molecule has 1 aliphatic rings. The van der Waals surface area contributed by atoms with Crippen LogP contribution in [0.25, 0.3) is 0 Å². The summed E-state index contributed by atoms with van der Waals surface area (Å²) in [7, 11) is 0. The highest BCUT2D eigenvalue weighted by atomic mass is 35.5. The standard InChI is InChI=1S/C15H20Cl2OS/c16-12-5-6-14(13(17)9-12)18-10-15(11-19)7-3-1-2-4-8-15/h5-6,9,19H,1-4,7-8,10-11H2. The molecule has 0 N–H and O–H groups in total. The molecule has 1 fully saturated rings. The van der Waals surface area contributed by atoms with E-state index in [1.54, 1.807) is 6.07 Å². The van der Waals surface area contributed by atoms with Gasteiger partial charge in [0.2, 0.25) is 0 Å². The fourth-order valence-corrected chi connectivity index (χ4v) is 3.52. The Morgan fingerprint density at radius 1 is 1.11 bits per heavy atom. The number of thiol groups is 1. The molecule has 1 aliphatic carbocycles. The first kappa shape index (κ1) is 15.3. The van der Waals surface area contributed by atoms with E-state index in [0.29, 0.717) is 16.7 Å². The summed E-state index contributed by atoms with van der Waals surface area (Å²) < 4.78 is 5.94. The first-order valence-corrected chi connectivity index (χ1v) is 8.23. The number of hydrogen-bond donors (Lipinski definition) is 1. The van der Waals surface area contributed by atoms with E-state index in [9.17, 15) is 0 Å². The zero-order chi connectivity index (χ0) is 13.7. The first-order valence-electron chi connectivity index (χ1n) is 6.84. The van der Waals surface area contributed by atoms with Crippen LogP contribution in [-0.2, 0) is 0 Å². The fourth-order valence-electron chi connectivity index (χ4n) is 2.65. The summed E-state index contributed by atoms with van der Waals surface area (Å²) in [6.07, 6.45) is 7.61. The van der Waals surface area contributed by atoms with Gasteiger partial charge in [-0.2, -0.15) is 12.6 Å². The van der Waals surface area contributed by atoms with Crippen molar-refractivity contribution in [3.8, 4) is 5.75 Å². The lowest BCUT2D eigenvalue weighted by atomic mass is 9.83. The van der Waals surface area contributed by atoms with Crippen molar-refractivity contribution in [3.05, 3.63) is 28.2 Å². The van der Waals surface area contributed by atoms with Gasteiger partial charge >= 0.3 is 0 Å². The Bertz CT molecular complexity index is 415. The molecule has 1 aromatic rings. The second-order valence-corrected chi connectivity index (χ2v) is 6.60. The van der Waals surface area contributed by atoms with E-state index in [-0.39, 0.29) is 5.41 Å². The molecule has 0 aromatic heterocycles. The Balaban J connectivity index is 2.02. The van der Waals surface area contributed by atoms with E-state index in [1.165, 1.54) is 38.5 Å². The van der Waals surface area contributed by atoms with Gasteiger partial charge in [-0.05, 0) is 36.8 Å². The number of benzene rings is 1. The van der Waals surface area contributed by atoms with Crippen LogP contribution in [0.1, 0.15) is 38.5 Å². The molecule has 106 valence electrons. The van der Waals surface area contributed by atoms with Crippen LogP contribution in [0.15, 0.2) is 18.2 Å². The summed E-state index contributed by atoms with van der Waals surface area (Å²) >= 11 is 16.6. The van der Waals surface area contributed by atoms with Crippen molar-refractivity contribution >= 4 is 35.8 Å². The van der Waals surface area contributed by atoms with E-state index < -0.39 is 0 Å². The predicted molar refractivity (Wildman–Crippen MR) is 85.9 cm³/mol. The van der Waals surface area contributed by atoms with Gasteiger partial charge in [0.05, 0.1) is 11.6 Å². The minimum absolute atomic E-state index is 0.197. The van der Waals surface area contributed by atoms with Crippen molar-refractivity contribution in [2.24, 2.45) is 5.41 Å². The maximum atomic E-state index is 6.14. The lowest BCUT2D eigenvalue weighted by molar-refractivity contribution is 0.148. The summed E-state index contributed by atoms with van der Waals surface area (Å²) in [4.78, 5) is 0. The summed E-state index contributed by atoms with van der Waals surface area (Å²) in [5.41, 5.74) is 0.197. The van der Waals surface area contributed by atoms with E-state index in [2.05, 4.69) is 12.6 Å². The van der Waals surface area contributed by atoms with Crippen LogP contribution in [0, 0.1) is 5.41 Å². The zero-order valence-corrected chi connectivity index (χ0v) is 13.4. The summed E-state index contributed by atoms with van der Waals surface area (Å²) in [6, 6.07) is 5.37. The highest BCUT2D eigenvalue weighted by Gasteiger charge is 2.30. The second kappa shape index (κ2) is 7.10. The van der Waals surface area contributed by atoms with Crippen LogP contribution < -0.4 is 4.74 Å². The molecular formula is C15H20Cl2OS. The lowest BCUT2D eigenvalue weighted by Gasteiger charge is -2.31. The molecule has 0 amide bonds. The van der Waals surface area contributed by atoms with Crippen molar-refractivity contribution in [3.63, 3.8) is 0 Å². The largest absolute Gasteiger partial charge is 0.491 e. The van der Waals surface area contributed by atoms with Crippen molar-refractivity contribution < 1.29 is 4.74 Å². The smallest absolute Gasteiger partial charge is 0.138 e. The maximum absolute atomic E-state index is 6.14. The van der Waals surface area contributed by atoms with Crippen molar-refractivity contribution in [1.29, 1.82) is 0 Å². The molecule has 1 nitrogen and oxygen atoms in total. The maximum Gasteiger partial charge on any atom is 0.138 e. The number of hydrogen-bond acceptors (Lipinski definition) is 2. The van der Waals surface area contributed by atoms with Gasteiger partial charge in [0, 0.05) is 10.4 Å². The van der Waals surface area contributed by atoms with Gasteiger partial charge in [0.1, 0.15) is 5.75 Å². The Labute approximate surface area is 131 Å². The molecule has 0 bridgehead atoms. The molecule has 1 saturated carbocycles. The Morgan fingerprint density at radius 2 is 1.79 bits per heavy atom. The molecule has 0 spiro atoms. The molecule has 0 saturated heterocycles. The fraction of sp³-hybridized carbons (Fsp3) is 0.600. The molecule has 2 rings (SSSR count). The minimum Gasteiger partial charge on any atom is -0.491 e. The Hall–Kier alpha value is -0.0500. The third kappa shape index (κ3) is 4.21. The summed E-state index contributed by atoms with van der Waals surface area (Å²) in [5.74, 6) is 1.59. The molecule has 0 unspecified atom stereocenters. The average molecular weight is 319 g/mol. The second-order valence-electron chi connectivity index (χ2n) is 5.44. The SMILES string of the molecule is SCC1(COc2ccc(Cl)cc2Cl)CCCCCC1. The van der Waals surface area contributed by atoms with Crippen LogP contribution in [0.2, 0.25) is 10.0 Å². The minimum atomic E-state index is 0.197. The number of ether oxygens (including phenoxy) is 1. The first-order chi connectivity index (χ1) is 9.15. The summed E-state index contributed by atoms with van der Waals surface area (Å²) in [5, 5.41) is 1.21. The van der Waals surface area contributed by atoms with Crippen molar-refractivity contribution in [2.45, 2.75) is 38.5 Å². The third-order valence-corrected chi connectivity index (χ3v) is 5.13. The molecule has 4 heteroatoms. The van der Waals surface area contributed by atoms with Gasteiger partial charge in [0.25, 0.3) is 0 Å². The summed E-state index contributed by atoms with van der Waals surface area (Å²) in [6.45, 7) is 0.692. The molecule has 0 atom stereocenters. The lowest BCUT2D eigenvalue weighted by Crippen LogP contribution is -2.30. The predicted octanol–water partition coefficient (Wildman–Crippen LogP) is 5.64. The van der Waals surface area contributed by atoms with E-state index in [1.807, 2.05) is 12.1 Å². The van der Waals surface area contributed by atoms with Gasteiger partial charge in [-0.1, -0.05) is 48.9 Å². The Kier molecular flexibility index (Phi) is 5.73. The third-order valence-electron chi connectivity index (χ3n) is 3.93. The van der Waals surface area contributed by atoms with Crippen LogP contribution in [-0.4, -0.2) is 12.4 Å².